The molecule has 2 heterocycles. The number of hydrogen-bond donors (Lipinski definition) is 2. The van der Waals surface area contributed by atoms with E-state index in [2.05, 4.69) is 20.6 Å². The molecule has 0 atom stereocenters. The molecule has 2 aromatic heterocycles. The number of carbonyl (C=O) groups excluding carboxylic acids is 1. The minimum Gasteiger partial charge on any atom is -0.497 e. The number of benzene rings is 1. The summed E-state index contributed by atoms with van der Waals surface area (Å²) in [5.41, 5.74) is 1.62. The Morgan fingerprint density at radius 1 is 1.31 bits per heavy atom. The average Bonchev–Trinajstić information content (AvgIpc) is 3.02. The van der Waals surface area contributed by atoms with E-state index in [1.807, 2.05) is 24.3 Å². The second-order valence-corrected chi connectivity index (χ2v) is 6.89. The van der Waals surface area contributed by atoms with E-state index in [9.17, 15) is 4.79 Å². The Balaban J connectivity index is 1.65. The molecule has 134 valence electrons. The molecule has 0 saturated carbocycles. The second kappa shape index (κ2) is 8.16. The average molecular weight is 389 g/mol. The molecule has 3 rings (SSSR count). The van der Waals surface area contributed by atoms with Crippen molar-refractivity contribution in [3.8, 4) is 5.75 Å². The van der Waals surface area contributed by atoms with Crippen molar-refractivity contribution in [2.45, 2.75) is 13.5 Å². The molecule has 0 aliphatic carbocycles. The van der Waals surface area contributed by atoms with Crippen molar-refractivity contribution in [3.63, 3.8) is 0 Å². The monoisotopic (exact) mass is 388 g/mol. The summed E-state index contributed by atoms with van der Waals surface area (Å²) in [5, 5.41) is 7.14. The van der Waals surface area contributed by atoms with Crippen LogP contribution in [0.25, 0.3) is 0 Å². The number of nitrogens with one attached hydrogen (secondary N) is 2. The molecule has 0 radical (unpaired) electrons. The summed E-state index contributed by atoms with van der Waals surface area (Å²) < 4.78 is 5.19. The van der Waals surface area contributed by atoms with Gasteiger partial charge in [-0.3, -0.25) is 4.79 Å². The van der Waals surface area contributed by atoms with Crippen LogP contribution >= 0.6 is 22.9 Å². The Kier molecular flexibility index (Phi) is 5.70. The fourth-order valence-electron chi connectivity index (χ4n) is 2.26. The number of methoxy groups -OCH3 is 1. The van der Waals surface area contributed by atoms with E-state index in [1.54, 1.807) is 32.4 Å². The summed E-state index contributed by atoms with van der Waals surface area (Å²) in [6.45, 7) is 2.21. The SMILES string of the molecule is COc1cccc(CNC(=O)c2sc(Nc3ccc(Cl)cn3)nc2C)c1. The number of hydrogen-bond acceptors (Lipinski definition) is 6. The van der Waals surface area contributed by atoms with Crippen molar-refractivity contribution in [2.75, 3.05) is 12.4 Å². The lowest BCUT2D eigenvalue weighted by atomic mass is 10.2. The predicted octanol–water partition coefficient (Wildman–Crippen LogP) is 4.18. The zero-order chi connectivity index (χ0) is 18.5. The number of aromatic nitrogens is 2. The molecule has 0 unspecified atom stereocenters. The third-order valence-corrected chi connectivity index (χ3v) is 4.85. The Bertz CT molecular complexity index is 912. The largest absolute Gasteiger partial charge is 0.497 e. The van der Waals surface area contributed by atoms with Crippen LogP contribution in [0.4, 0.5) is 10.9 Å². The van der Waals surface area contributed by atoms with Crippen LogP contribution in [0, 0.1) is 6.92 Å². The number of anilines is 2. The number of ether oxygens (including phenoxy) is 1. The summed E-state index contributed by atoms with van der Waals surface area (Å²) in [6, 6.07) is 11.1. The van der Waals surface area contributed by atoms with Crippen LogP contribution in [0.15, 0.2) is 42.6 Å². The fraction of sp³-hybridized carbons (Fsp3) is 0.167. The van der Waals surface area contributed by atoms with Crippen LogP contribution in [-0.2, 0) is 6.54 Å². The molecule has 6 nitrogen and oxygen atoms in total. The Labute approximate surface area is 160 Å². The summed E-state index contributed by atoms with van der Waals surface area (Å²) in [4.78, 5) is 21.6. The van der Waals surface area contributed by atoms with E-state index < -0.39 is 0 Å². The van der Waals surface area contributed by atoms with Gasteiger partial charge in [0.2, 0.25) is 0 Å². The number of amides is 1. The molecule has 0 fully saturated rings. The molecule has 8 heteroatoms. The summed E-state index contributed by atoms with van der Waals surface area (Å²) >= 11 is 7.10. The van der Waals surface area contributed by atoms with Gasteiger partial charge < -0.3 is 15.4 Å². The van der Waals surface area contributed by atoms with Crippen LogP contribution in [0.3, 0.4) is 0 Å². The van der Waals surface area contributed by atoms with Gasteiger partial charge in [-0.1, -0.05) is 35.1 Å². The highest BCUT2D eigenvalue weighted by molar-refractivity contribution is 7.17. The van der Waals surface area contributed by atoms with Crippen LogP contribution in [0.5, 0.6) is 5.75 Å². The van der Waals surface area contributed by atoms with Crippen LogP contribution in [-0.4, -0.2) is 23.0 Å². The lowest BCUT2D eigenvalue weighted by molar-refractivity contribution is 0.0954. The number of halogens is 1. The van der Waals surface area contributed by atoms with Gasteiger partial charge in [-0.2, -0.15) is 0 Å². The van der Waals surface area contributed by atoms with Crippen molar-refractivity contribution in [1.82, 2.24) is 15.3 Å². The molecular weight excluding hydrogens is 372 g/mol. The Morgan fingerprint density at radius 3 is 2.88 bits per heavy atom. The first-order valence-electron chi connectivity index (χ1n) is 7.82. The number of rotatable bonds is 6. The normalized spacial score (nSPS) is 10.4. The highest BCUT2D eigenvalue weighted by Gasteiger charge is 2.15. The van der Waals surface area contributed by atoms with Crippen molar-refractivity contribution in [1.29, 1.82) is 0 Å². The van der Waals surface area contributed by atoms with E-state index in [1.165, 1.54) is 11.3 Å². The maximum Gasteiger partial charge on any atom is 0.263 e. The van der Waals surface area contributed by atoms with E-state index in [-0.39, 0.29) is 5.91 Å². The molecule has 26 heavy (non-hydrogen) atoms. The highest BCUT2D eigenvalue weighted by Crippen LogP contribution is 2.25. The molecule has 0 bridgehead atoms. The fourth-order valence-corrected chi connectivity index (χ4v) is 3.27. The Hall–Kier alpha value is -2.64. The van der Waals surface area contributed by atoms with Gasteiger partial charge in [-0.25, -0.2) is 9.97 Å². The van der Waals surface area contributed by atoms with Gasteiger partial charge in [0.25, 0.3) is 5.91 Å². The van der Waals surface area contributed by atoms with Crippen LogP contribution < -0.4 is 15.4 Å². The zero-order valence-electron chi connectivity index (χ0n) is 14.2. The third-order valence-electron chi connectivity index (χ3n) is 3.55. The third kappa shape index (κ3) is 4.50. The number of carbonyl (C=O) groups is 1. The lowest BCUT2D eigenvalue weighted by Gasteiger charge is -2.06. The van der Waals surface area contributed by atoms with E-state index >= 15 is 0 Å². The van der Waals surface area contributed by atoms with Crippen molar-refractivity contribution in [2.24, 2.45) is 0 Å². The van der Waals surface area contributed by atoms with E-state index in [0.717, 1.165) is 11.3 Å². The zero-order valence-corrected chi connectivity index (χ0v) is 15.8. The molecule has 0 aliphatic rings. The van der Waals surface area contributed by atoms with Crippen molar-refractivity contribution in [3.05, 3.63) is 63.8 Å². The van der Waals surface area contributed by atoms with Crippen molar-refractivity contribution >= 4 is 39.8 Å². The maximum absolute atomic E-state index is 12.5. The molecule has 2 N–H and O–H groups in total. The standard InChI is InChI=1S/C18H17ClN4O2S/c1-11-16(17(24)21-9-12-4-3-5-14(8-12)25-2)26-18(22-11)23-15-7-6-13(19)10-20-15/h3-8,10H,9H2,1-2H3,(H,21,24)(H,20,22,23). The van der Waals surface area contributed by atoms with Gasteiger partial charge in [0.05, 0.1) is 17.8 Å². The quantitative estimate of drug-likeness (QED) is 0.662. The van der Waals surface area contributed by atoms with Gasteiger partial charge in [0.15, 0.2) is 5.13 Å². The molecule has 1 amide bonds. The van der Waals surface area contributed by atoms with E-state index in [0.29, 0.717) is 33.1 Å². The Morgan fingerprint density at radius 2 is 2.15 bits per heavy atom. The van der Waals surface area contributed by atoms with Crippen LogP contribution in [0.1, 0.15) is 20.9 Å². The molecule has 1 aromatic carbocycles. The van der Waals surface area contributed by atoms with Gasteiger partial charge >= 0.3 is 0 Å². The molecule has 0 saturated heterocycles. The number of aryl methyl sites for hydroxylation is 1. The molecular formula is C18H17ClN4O2S. The molecule has 0 aliphatic heterocycles. The smallest absolute Gasteiger partial charge is 0.263 e. The van der Waals surface area contributed by atoms with Crippen molar-refractivity contribution < 1.29 is 9.53 Å². The summed E-state index contributed by atoms with van der Waals surface area (Å²) in [5.74, 6) is 1.21. The summed E-state index contributed by atoms with van der Waals surface area (Å²) in [6.07, 6.45) is 1.55. The first-order chi connectivity index (χ1) is 12.5. The molecule has 3 aromatic rings. The topological polar surface area (TPSA) is 76.1 Å². The number of pyridine rings is 1. The minimum absolute atomic E-state index is 0.167. The first-order valence-corrected chi connectivity index (χ1v) is 9.02. The predicted molar refractivity (Wildman–Crippen MR) is 104 cm³/mol. The summed E-state index contributed by atoms with van der Waals surface area (Å²) in [7, 11) is 1.61. The first kappa shape index (κ1) is 18.2. The van der Waals surface area contributed by atoms with Gasteiger partial charge in [0, 0.05) is 12.7 Å². The van der Waals surface area contributed by atoms with Crippen LogP contribution in [0.2, 0.25) is 5.02 Å². The van der Waals surface area contributed by atoms with Gasteiger partial charge in [0.1, 0.15) is 16.4 Å². The minimum atomic E-state index is -0.167. The number of thiazole rings is 1. The second-order valence-electron chi connectivity index (χ2n) is 5.45. The molecule has 0 spiro atoms. The lowest BCUT2D eigenvalue weighted by Crippen LogP contribution is -2.22. The highest BCUT2D eigenvalue weighted by atomic mass is 35.5. The van der Waals surface area contributed by atoms with E-state index in [4.69, 9.17) is 16.3 Å². The number of nitrogens with zero attached hydrogens (tertiary/aromatic N) is 2. The van der Waals surface area contributed by atoms with Gasteiger partial charge in [-0.05, 0) is 36.8 Å². The maximum atomic E-state index is 12.5. The van der Waals surface area contributed by atoms with Gasteiger partial charge in [-0.15, -0.1) is 0 Å².